The summed E-state index contributed by atoms with van der Waals surface area (Å²) in [6.07, 6.45) is 7.61. The van der Waals surface area contributed by atoms with Crippen molar-refractivity contribution < 1.29 is 14.0 Å². The predicted octanol–water partition coefficient (Wildman–Crippen LogP) is 1.14. The molecule has 23 heavy (non-hydrogen) atoms. The van der Waals surface area contributed by atoms with Crippen molar-refractivity contribution in [2.75, 3.05) is 13.2 Å². The van der Waals surface area contributed by atoms with Gasteiger partial charge in [0, 0.05) is 18.9 Å². The molecule has 3 amide bonds. The number of aromatic nitrogens is 2. The highest BCUT2D eigenvalue weighted by Crippen LogP contribution is 2.27. The fourth-order valence-corrected chi connectivity index (χ4v) is 2.87. The molecule has 1 saturated carbocycles. The second kappa shape index (κ2) is 8.50. The summed E-state index contributed by atoms with van der Waals surface area (Å²) in [6.45, 7) is 0.897. The lowest BCUT2D eigenvalue weighted by atomic mass is 9.90. The smallest absolute Gasteiger partial charge is 0.315 e. The monoisotopic (exact) mass is 325 g/mol. The summed E-state index contributed by atoms with van der Waals surface area (Å²) in [5, 5.41) is 12.2. The molecular weight excluding hydrogens is 301 g/mol. The highest BCUT2D eigenvalue weighted by molar-refractivity contribution is 5.86. The third-order valence-corrected chi connectivity index (χ3v) is 4.05. The average molecular weight is 325 g/mol. The summed E-state index contributed by atoms with van der Waals surface area (Å²) in [7, 11) is 0. The minimum absolute atomic E-state index is 0.0234. The summed E-state index contributed by atoms with van der Waals surface area (Å²) >= 11 is 0. The van der Waals surface area contributed by atoms with Gasteiger partial charge in [0.1, 0.15) is 12.7 Å². The first-order chi connectivity index (χ1) is 11.1. The molecule has 3 atom stereocenters. The topological polar surface area (TPSA) is 88.1 Å². The normalized spacial score (nSPS) is 22.2. The molecule has 7 nitrogen and oxygen atoms in total. The van der Waals surface area contributed by atoms with E-state index in [4.69, 9.17) is 0 Å². The SMILES string of the molecule is C[C@H](NC(=O)N[C@@H]1CCCC[C@@H]1n1cccn1)C(=O)NCCF. The number of nitrogens with zero attached hydrogens (tertiary/aromatic N) is 2. The van der Waals surface area contributed by atoms with E-state index in [1.165, 1.54) is 0 Å². The van der Waals surface area contributed by atoms with Crippen LogP contribution in [0.4, 0.5) is 9.18 Å². The molecule has 1 fully saturated rings. The van der Waals surface area contributed by atoms with Crippen LogP contribution >= 0.6 is 0 Å². The Morgan fingerprint density at radius 1 is 1.39 bits per heavy atom. The van der Waals surface area contributed by atoms with Gasteiger partial charge in [-0.2, -0.15) is 5.10 Å². The quantitative estimate of drug-likeness (QED) is 0.733. The molecule has 0 aromatic carbocycles. The van der Waals surface area contributed by atoms with E-state index in [9.17, 15) is 14.0 Å². The lowest BCUT2D eigenvalue weighted by molar-refractivity contribution is -0.122. The zero-order chi connectivity index (χ0) is 16.7. The molecule has 0 spiro atoms. The maximum Gasteiger partial charge on any atom is 0.315 e. The Balaban J connectivity index is 1.86. The van der Waals surface area contributed by atoms with Crippen LogP contribution in [-0.4, -0.2) is 47.0 Å². The molecule has 0 aliphatic heterocycles. The number of rotatable bonds is 6. The molecule has 3 N–H and O–H groups in total. The lowest BCUT2D eigenvalue weighted by Crippen LogP contribution is -2.53. The molecule has 128 valence electrons. The Kier molecular flexibility index (Phi) is 6.37. The molecule has 0 radical (unpaired) electrons. The first kappa shape index (κ1) is 17.2. The van der Waals surface area contributed by atoms with Crippen LogP contribution in [0.15, 0.2) is 18.5 Å². The van der Waals surface area contributed by atoms with E-state index in [-0.39, 0.29) is 18.6 Å². The van der Waals surface area contributed by atoms with Crippen LogP contribution in [0.3, 0.4) is 0 Å². The number of amides is 3. The van der Waals surface area contributed by atoms with Gasteiger partial charge in [0.25, 0.3) is 0 Å². The van der Waals surface area contributed by atoms with Gasteiger partial charge in [0.15, 0.2) is 0 Å². The van der Waals surface area contributed by atoms with Gasteiger partial charge in [0.05, 0.1) is 12.1 Å². The van der Waals surface area contributed by atoms with Gasteiger partial charge < -0.3 is 16.0 Å². The van der Waals surface area contributed by atoms with Crippen LogP contribution in [-0.2, 0) is 4.79 Å². The number of hydrogen-bond acceptors (Lipinski definition) is 3. The van der Waals surface area contributed by atoms with Gasteiger partial charge in [0.2, 0.25) is 5.91 Å². The van der Waals surface area contributed by atoms with Crippen LogP contribution in [0, 0.1) is 0 Å². The summed E-state index contributed by atoms with van der Waals surface area (Å²) in [6, 6.07) is 0.860. The van der Waals surface area contributed by atoms with Crippen LogP contribution in [0.1, 0.15) is 38.6 Å². The van der Waals surface area contributed by atoms with Gasteiger partial charge in [-0.25, -0.2) is 9.18 Å². The summed E-state index contributed by atoms with van der Waals surface area (Å²) in [4.78, 5) is 23.8. The fraction of sp³-hybridized carbons (Fsp3) is 0.667. The molecule has 0 bridgehead atoms. The number of hydrogen-bond donors (Lipinski definition) is 3. The number of alkyl halides is 1. The molecule has 1 aliphatic rings. The summed E-state index contributed by atoms with van der Waals surface area (Å²) in [5.41, 5.74) is 0. The van der Waals surface area contributed by atoms with Gasteiger partial charge >= 0.3 is 6.03 Å². The van der Waals surface area contributed by atoms with Crippen molar-refractivity contribution in [3.05, 3.63) is 18.5 Å². The number of nitrogens with one attached hydrogen (secondary N) is 3. The Hall–Kier alpha value is -2.12. The molecule has 1 aromatic heterocycles. The van der Waals surface area contributed by atoms with Crippen LogP contribution in [0.5, 0.6) is 0 Å². The highest BCUT2D eigenvalue weighted by Gasteiger charge is 2.28. The van der Waals surface area contributed by atoms with Crippen molar-refractivity contribution in [2.45, 2.75) is 50.7 Å². The highest BCUT2D eigenvalue weighted by atomic mass is 19.1. The van der Waals surface area contributed by atoms with E-state index >= 15 is 0 Å². The Morgan fingerprint density at radius 3 is 2.87 bits per heavy atom. The van der Waals surface area contributed by atoms with E-state index in [0.29, 0.717) is 0 Å². The molecule has 1 aromatic rings. The van der Waals surface area contributed by atoms with E-state index in [2.05, 4.69) is 21.0 Å². The van der Waals surface area contributed by atoms with E-state index in [1.54, 1.807) is 13.1 Å². The number of carbonyl (C=O) groups excluding carboxylic acids is 2. The number of halogens is 1. The van der Waals surface area contributed by atoms with Gasteiger partial charge in [-0.3, -0.25) is 9.48 Å². The molecule has 0 unspecified atom stereocenters. The fourth-order valence-electron chi connectivity index (χ4n) is 2.87. The maximum atomic E-state index is 12.1. The maximum absolute atomic E-state index is 12.1. The average Bonchev–Trinajstić information content (AvgIpc) is 3.07. The predicted molar refractivity (Wildman–Crippen MR) is 83.6 cm³/mol. The third-order valence-electron chi connectivity index (χ3n) is 4.05. The zero-order valence-corrected chi connectivity index (χ0v) is 13.3. The van der Waals surface area contributed by atoms with Crippen molar-refractivity contribution in [3.63, 3.8) is 0 Å². The summed E-state index contributed by atoms with van der Waals surface area (Å²) < 4.78 is 13.9. The first-order valence-corrected chi connectivity index (χ1v) is 8.01. The Labute approximate surface area is 135 Å². The molecule has 8 heteroatoms. The standard InChI is InChI=1S/C15H24FN5O2/c1-11(14(22)17-9-7-16)19-15(23)20-12-5-2-3-6-13(12)21-10-4-8-18-21/h4,8,10-13H,2-3,5-7,9H2,1H3,(H,17,22)(H2,19,20,23)/t11-,12+,13-/m0/s1. The molecule has 1 heterocycles. The largest absolute Gasteiger partial charge is 0.352 e. The van der Waals surface area contributed by atoms with Crippen molar-refractivity contribution in [1.29, 1.82) is 0 Å². The van der Waals surface area contributed by atoms with E-state index in [1.807, 2.05) is 16.9 Å². The Morgan fingerprint density at radius 2 is 2.17 bits per heavy atom. The van der Waals surface area contributed by atoms with Crippen molar-refractivity contribution in [1.82, 2.24) is 25.7 Å². The van der Waals surface area contributed by atoms with E-state index in [0.717, 1.165) is 25.7 Å². The van der Waals surface area contributed by atoms with Gasteiger partial charge in [-0.15, -0.1) is 0 Å². The van der Waals surface area contributed by atoms with Gasteiger partial charge in [-0.1, -0.05) is 12.8 Å². The lowest BCUT2D eigenvalue weighted by Gasteiger charge is -2.32. The molecule has 0 saturated heterocycles. The Bertz CT molecular complexity index is 508. The van der Waals surface area contributed by atoms with Crippen LogP contribution < -0.4 is 16.0 Å². The van der Waals surface area contributed by atoms with Crippen LogP contribution in [0.25, 0.3) is 0 Å². The summed E-state index contributed by atoms with van der Waals surface area (Å²) in [5.74, 6) is -0.398. The van der Waals surface area contributed by atoms with Crippen molar-refractivity contribution in [2.24, 2.45) is 0 Å². The second-order valence-corrected chi connectivity index (χ2v) is 5.76. The minimum Gasteiger partial charge on any atom is -0.352 e. The molecule has 2 rings (SSSR count). The third kappa shape index (κ3) is 4.94. The molecule has 1 aliphatic carbocycles. The van der Waals surface area contributed by atoms with Gasteiger partial charge in [-0.05, 0) is 25.8 Å². The van der Waals surface area contributed by atoms with Crippen LogP contribution in [0.2, 0.25) is 0 Å². The zero-order valence-electron chi connectivity index (χ0n) is 13.3. The second-order valence-electron chi connectivity index (χ2n) is 5.76. The molecular formula is C15H24FN5O2. The number of urea groups is 1. The van der Waals surface area contributed by atoms with E-state index < -0.39 is 24.7 Å². The van der Waals surface area contributed by atoms with Crippen molar-refractivity contribution in [3.8, 4) is 0 Å². The first-order valence-electron chi connectivity index (χ1n) is 8.01. The van der Waals surface area contributed by atoms with Crippen molar-refractivity contribution >= 4 is 11.9 Å². The minimum atomic E-state index is -0.715. The number of carbonyl (C=O) groups is 2.